The summed E-state index contributed by atoms with van der Waals surface area (Å²) in [5.41, 5.74) is 2.81. The van der Waals surface area contributed by atoms with Gasteiger partial charge in [0.05, 0.1) is 21.9 Å². The van der Waals surface area contributed by atoms with Crippen molar-refractivity contribution in [2.75, 3.05) is 0 Å². The van der Waals surface area contributed by atoms with Gasteiger partial charge in [0.1, 0.15) is 0 Å². The maximum Gasteiger partial charge on any atom is 0.0995 e. The van der Waals surface area contributed by atoms with Crippen LogP contribution in [0.15, 0.2) is 24.0 Å². The lowest BCUT2D eigenvalue weighted by Gasteiger charge is -1.80. The molecule has 0 fully saturated rings. The van der Waals surface area contributed by atoms with Gasteiger partial charge in [-0.15, -0.1) is 11.3 Å². The highest BCUT2D eigenvalue weighted by molar-refractivity contribution is 7.16. The number of fused-ring (bicyclic) bond motifs is 1. The molecular formula is C6H4N2S. The molecule has 0 aliphatic heterocycles. The quantitative estimate of drug-likeness (QED) is 0.550. The molecule has 0 atom stereocenters. The highest BCUT2D eigenvalue weighted by atomic mass is 32.1. The van der Waals surface area contributed by atoms with E-state index in [1.54, 1.807) is 23.7 Å². The molecule has 2 aromatic rings. The van der Waals surface area contributed by atoms with E-state index in [2.05, 4.69) is 9.97 Å². The molecule has 2 rings (SSSR count). The summed E-state index contributed by atoms with van der Waals surface area (Å²) in [7, 11) is 0. The lowest BCUT2D eigenvalue weighted by molar-refractivity contribution is 1.34. The second-order valence-corrected chi connectivity index (χ2v) is 2.58. The summed E-state index contributed by atoms with van der Waals surface area (Å²) in [4.78, 5) is 8.00. The molecule has 0 aliphatic carbocycles. The number of pyridine rings is 1. The van der Waals surface area contributed by atoms with Gasteiger partial charge < -0.3 is 0 Å². The van der Waals surface area contributed by atoms with Crippen LogP contribution in [-0.4, -0.2) is 9.97 Å². The van der Waals surface area contributed by atoms with E-state index >= 15 is 0 Å². The topological polar surface area (TPSA) is 25.8 Å². The van der Waals surface area contributed by atoms with Crippen LogP contribution in [0.1, 0.15) is 0 Å². The number of hydrogen-bond acceptors (Lipinski definition) is 3. The van der Waals surface area contributed by atoms with Crippen LogP contribution in [0.25, 0.3) is 10.2 Å². The molecule has 0 aliphatic rings. The first-order chi connectivity index (χ1) is 4.47. The summed E-state index contributed by atoms with van der Waals surface area (Å²) in [6.45, 7) is 0. The molecule has 0 radical (unpaired) electrons. The SMILES string of the molecule is c1cc2scnc2cn1. The van der Waals surface area contributed by atoms with E-state index in [0.29, 0.717) is 0 Å². The third-order valence-electron chi connectivity index (χ3n) is 1.13. The normalized spacial score (nSPS) is 10.2. The van der Waals surface area contributed by atoms with Crippen molar-refractivity contribution in [2.45, 2.75) is 0 Å². The Balaban J connectivity index is 2.95. The number of aromatic nitrogens is 2. The fourth-order valence-corrected chi connectivity index (χ4v) is 1.36. The Hall–Kier alpha value is -0.960. The third-order valence-corrected chi connectivity index (χ3v) is 1.94. The number of hydrogen-bond donors (Lipinski definition) is 0. The molecule has 0 bridgehead atoms. The van der Waals surface area contributed by atoms with Gasteiger partial charge >= 0.3 is 0 Å². The van der Waals surface area contributed by atoms with Crippen LogP contribution in [0.5, 0.6) is 0 Å². The number of nitrogens with zero attached hydrogens (tertiary/aromatic N) is 2. The van der Waals surface area contributed by atoms with E-state index in [4.69, 9.17) is 0 Å². The molecule has 0 aromatic carbocycles. The van der Waals surface area contributed by atoms with Crippen molar-refractivity contribution >= 4 is 21.6 Å². The molecule has 2 heterocycles. The minimum atomic E-state index is 0.988. The fraction of sp³-hybridized carbons (Fsp3) is 0. The zero-order valence-electron chi connectivity index (χ0n) is 4.61. The molecule has 0 unspecified atom stereocenters. The van der Waals surface area contributed by atoms with Gasteiger partial charge in [0, 0.05) is 6.20 Å². The standard InChI is InChI=1S/C6H4N2S/c1-2-7-3-5-6(1)9-4-8-5/h1-4H. The summed E-state index contributed by atoms with van der Waals surface area (Å²) < 4.78 is 1.20. The number of rotatable bonds is 0. The maximum absolute atomic E-state index is 4.07. The molecule has 9 heavy (non-hydrogen) atoms. The van der Waals surface area contributed by atoms with Crippen molar-refractivity contribution in [3.8, 4) is 0 Å². The van der Waals surface area contributed by atoms with E-state index in [9.17, 15) is 0 Å². The van der Waals surface area contributed by atoms with E-state index in [1.807, 2.05) is 11.6 Å². The van der Waals surface area contributed by atoms with Gasteiger partial charge in [-0.2, -0.15) is 0 Å². The van der Waals surface area contributed by atoms with Crippen molar-refractivity contribution in [1.82, 2.24) is 9.97 Å². The second kappa shape index (κ2) is 1.77. The maximum atomic E-state index is 4.07. The van der Waals surface area contributed by atoms with Crippen molar-refractivity contribution in [1.29, 1.82) is 0 Å². The van der Waals surface area contributed by atoms with Crippen molar-refractivity contribution in [3.05, 3.63) is 24.0 Å². The first-order valence-electron chi connectivity index (χ1n) is 2.60. The van der Waals surface area contributed by atoms with Crippen LogP contribution in [0, 0.1) is 0 Å². The average Bonchev–Trinajstić information content (AvgIpc) is 2.33. The van der Waals surface area contributed by atoms with Crippen LogP contribution in [0.2, 0.25) is 0 Å². The summed E-state index contributed by atoms with van der Waals surface area (Å²) in [5.74, 6) is 0. The Morgan fingerprint density at radius 3 is 3.33 bits per heavy atom. The van der Waals surface area contributed by atoms with Gasteiger partial charge in [-0.3, -0.25) is 4.98 Å². The highest BCUT2D eigenvalue weighted by Gasteiger charge is 1.90. The monoisotopic (exact) mass is 136 g/mol. The largest absolute Gasteiger partial charge is 0.262 e. The molecule has 3 heteroatoms. The molecule has 0 amide bonds. The van der Waals surface area contributed by atoms with Crippen LogP contribution in [0.4, 0.5) is 0 Å². The highest BCUT2D eigenvalue weighted by Crippen LogP contribution is 2.14. The summed E-state index contributed by atoms with van der Waals surface area (Å²) in [6, 6.07) is 1.97. The Kier molecular flexibility index (Phi) is 0.960. The predicted octanol–water partition coefficient (Wildman–Crippen LogP) is 1.69. The Morgan fingerprint density at radius 1 is 1.44 bits per heavy atom. The number of thiazole rings is 1. The van der Waals surface area contributed by atoms with Gasteiger partial charge in [0.15, 0.2) is 0 Å². The summed E-state index contributed by atoms with van der Waals surface area (Å²) in [6.07, 6.45) is 3.55. The third kappa shape index (κ3) is 0.695. The molecule has 0 saturated heterocycles. The first kappa shape index (κ1) is 4.88. The molecule has 0 spiro atoms. The molecule has 2 nitrogen and oxygen atoms in total. The summed E-state index contributed by atoms with van der Waals surface area (Å²) >= 11 is 1.64. The molecule has 0 N–H and O–H groups in total. The lowest BCUT2D eigenvalue weighted by atomic mass is 10.5. The average molecular weight is 136 g/mol. The molecule has 44 valence electrons. The van der Waals surface area contributed by atoms with Gasteiger partial charge in [0.25, 0.3) is 0 Å². The van der Waals surface area contributed by atoms with E-state index in [0.717, 1.165) is 5.52 Å². The van der Waals surface area contributed by atoms with Crippen LogP contribution < -0.4 is 0 Å². The minimum absolute atomic E-state index is 0.988. The lowest BCUT2D eigenvalue weighted by Crippen LogP contribution is -1.67. The molecule has 2 aromatic heterocycles. The van der Waals surface area contributed by atoms with Gasteiger partial charge in [0.2, 0.25) is 0 Å². The van der Waals surface area contributed by atoms with Gasteiger partial charge in [-0.25, -0.2) is 4.98 Å². The Labute approximate surface area is 56.2 Å². The molecular weight excluding hydrogens is 132 g/mol. The summed E-state index contributed by atoms with van der Waals surface area (Å²) in [5, 5.41) is 0. The van der Waals surface area contributed by atoms with Crippen molar-refractivity contribution < 1.29 is 0 Å². The van der Waals surface area contributed by atoms with Crippen LogP contribution >= 0.6 is 11.3 Å². The minimum Gasteiger partial charge on any atom is -0.262 e. The van der Waals surface area contributed by atoms with E-state index in [1.165, 1.54) is 4.70 Å². The zero-order valence-corrected chi connectivity index (χ0v) is 5.43. The second-order valence-electron chi connectivity index (χ2n) is 1.70. The Bertz CT molecular complexity index is 285. The van der Waals surface area contributed by atoms with E-state index in [-0.39, 0.29) is 0 Å². The van der Waals surface area contributed by atoms with Gasteiger partial charge in [-0.1, -0.05) is 0 Å². The smallest absolute Gasteiger partial charge is 0.0995 e. The Morgan fingerprint density at radius 2 is 2.44 bits per heavy atom. The first-order valence-corrected chi connectivity index (χ1v) is 3.48. The fourth-order valence-electron chi connectivity index (χ4n) is 0.710. The van der Waals surface area contributed by atoms with Crippen LogP contribution in [-0.2, 0) is 0 Å². The van der Waals surface area contributed by atoms with Crippen molar-refractivity contribution in [2.24, 2.45) is 0 Å². The predicted molar refractivity (Wildman–Crippen MR) is 37.4 cm³/mol. The van der Waals surface area contributed by atoms with Crippen LogP contribution in [0.3, 0.4) is 0 Å². The zero-order chi connectivity index (χ0) is 6.10. The van der Waals surface area contributed by atoms with Crippen molar-refractivity contribution in [3.63, 3.8) is 0 Å². The van der Waals surface area contributed by atoms with Gasteiger partial charge in [-0.05, 0) is 6.07 Å². The molecule has 0 saturated carbocycles. The van der Waals surface area contributed by atoms with E-state index < -0.39 is 0 Å².